The first-order chi connectivity index (χ1) is 32.7. The molecule has 18 heteroatoms. The first kappa shape index (κ1) is 53.6. The zero-order valence-electron chi connectivity index (χ0n) is 42.8. The predicted octanol–water partition coefficient (Wildman–Crippen LogP) is 5.61. The molecule has 2 aromatic heterocycles. The lowest BCUT2D eigenvalue weighted by atomic mass is 9.77. The van der Waals surface area contributed by atoms with Crippen LogP contribution in [0.5, 0.6) is 0 Å². The van der Waals surface area contributed by atoms with Crippen LogP contribution in [0.1, 0.15) is 93.1 Å². The fourth-order valence-corrected chi connectivity index (χ4v) is 11.0. The number of fused-ring (bicyclic) bond motifs is 1. The van der Waals surface area contributed by atoms with Crippen molar-refractivity contribution in [1.82, 2.24) is 34.7 Å². The van der Waals surface area contributed by atoms with Crippen molar-refractivity contribution in [2.24, 2.45) is 17.8 Å². The van der Waals surface area contributed by atoms with E-state index in [0.717, 1.165) is 11.3 Å². The van der Waals surface area contributed by atoms with E-state index in [1.165, 1.54) is 0 Å². The van der Waals surface area contributed by atoms with Crippen LogP contribution in [0.15, 0.2) is 55.0 Å². The molecule has 14 atom stereocenters. The summed E-state index contributed by atoms with van der Waals surface area (Å²) in [4.78, 5) is 53.2. The van der Waals surface area contributed by atoms with Gasteiger partial charge in [-0.1, -0.05) is 44.2 Å². The minimum absolute atomic E-state index is 0.0297. The zero-order chi connectivity index (χ0) is 50.4. The van der Waals surface area contributed by atoms with E-state index in [1.54, 1.807) is 48.1 Å². The number of unbranched alkanes of at least 4 members (excludes halogenated alkanes) is 1. The average molecular weight is 963 g/mol. The summed E-state index contributed by atoms with van der Waals surface area (Å²) in [6.07, 6.45) is 2.07. The Labute approximate surface area is 408 Å². The minimum Gasteiger partial charge on any atom is -0.461 e. The summed E-state index contributed by atoms with van der Waals surface area (Å²) in [5.41, 5.74) is 6.56. The summed E-state index contributed by atoms with van der Waals surface area (Å²) in [5, 5.41) is 20.5. The van der Waals surface area contributed by atoms with Gasteiger partial charge in [0.2, 0.25) is 0 Å². The van der Waals surface area contributed by atoms with Crippen molar-refractivity contribution in [3.05, 3.63) is 60.6 Å². The average Bonchev–Trinajstić information content (AvgIpc) is 3.89. The first-order valence-corrected chi connectivity index (χ1v) is 24.6. The smallest absolute Gasteiger partial charge is 0.410 e. The lowest BCUT2D eigenvalue weighted by Crippen LogP contribution is -2.61. The number of esters is 2. The molecule has 3 saturated heterocycles. The van der Waals surface area contributed by atoms with Crippen molar-refractivity contribution in [3.8, 4) is 11.3 Å². The van der Waals surface area contributed by atoms with Crippen LogP contribution >= 0.6 is 0 Å². The Hall–Kier alpha value is -4.72. The van der Waals surface area contributed by atoms with Crippen molar-refractivity contribution in [1.29, 1.82) is 0 Å². The topological polar surface area (TPSA) is 206 Å². The van der Waals surface area contributed by atoms with Crippen LogP contribution in [0.25, 0.3) is 11.3 Å². The van der Waals surface area contributed by atoms with Crippen LogP contribution in [0.3, 0.4) is 0 Å². The van der Waals surface area contributed by atoms with Crippen molar-refractivity contribution in [2.45, 2.75) is 167 Å². The van der Waals surface area contributed by atoms with Gasteiger partial charge in [-0.05, 0) is 118 Å². The third-order valence-electron chi connectivity index (χ3n) is 14.8. The summed E-state index contributed by atoms with van der Waals surface area (Å²) >= 11 is 0. The van der Waals surface area contributed by atoms with Gasteiger partial charge in [0.15, 0.2) is 11.9 Å². The molecule has 0 spiro atoms. The number of likely N-dealkylation sites (N-methyl/N-ethyl adjacent to an activating group) is 2. The van der Waals surface area contributed by atoms with Gasteiger partial charge in [0.1, 0.15) is 24.0 Å². The van der Waals surface area contributed by atoms with E-state index in [4.69, 9.17) is 34.2 Å². The number of aliphatic hydroxyl groups is 1. The number of anilines is 1. The Balaban J connectivity index is 1.33. The molecule has 18 nitrogen and oxygen atoms in total. The monoisotopic (exact) mass is 963 g/mol. The number of aromatic nitrogens is 4. The molecule has 0 aliphatic carbocycles. The fraction of sp³-hybridized carbons (Fsp3) is 0.686. The number of ether oxygens (including phenoxy) is 6. The molecular weight excluding hydrogens is 885 g/mol. The first-order valence-electron chi connectivity index (χ1n) is 24.6. The van der Waals surface area contributed by atoms with E-state index in [2.05, 4.69) is 34.0 Å². The highest BCUT2D eigenvalue weighted by Gasteiger charge is 2.59. The number of nitrogen functional groups attached to an aromatic ring is 1. The van der Waals surface area contributed by atoms with Crippen LogP contribution in [0, 0.1) is 17.8 Å². The number of benzene rings is 1. The van der Waals surface area contributed by atoms with E-state index in [-0.39, 0.29) is 30.5 Å². The third kappa shape index (κ3) is 12.4. The third-order valence-corrected chi connectivity index (χ3v) is 14.8. The number of rotatable bonds is 14. The van der Waals surface area contributed by atoms with Crippen molar-refractivity contribution >= 4 is 23.7 Å². The number of pyridine rings is 1. The molecule has 3 fully saturated rings. The van der Waals surface area contributed by atoms with Crippen LogP contribution < -0.4 is 5.73 Å². The van der Waals surface area contributed by atoms with Crippen molar-refractivity contribution in [2.75, 3.05) is 47.1 Å². The SMILES string of the molecule is CC[C@H]1OC(=O)[C@H](C)C(OC(=O)Cc2cccnc2)[C@@H](C)[C@@H](O[C@@H]2OC(C)CC(N(C)C)C2O)[C@](C)(OC)C[C@@H](C)CN(C)[C@H](C)[C@H]2N(CCCCn3cc(-c4cccc(N)c4)nn3)C(=O)O[C@]12C. The second kappa shape index (κ2) is 23.0. The predicted molar refractivity (Wildman–Crippen MR) is 259 cm³/mol. The van der Waals surface area contributed by atoms with Gasteiger partial charge in [-0.3, -0.25) is 24.2 Å². The molecule has 3 N–H and O–H groups in total. The Morgan fingerprint density at radius 3 is 2.46 bits per heavy atom. The molecule has 5 heterocycles. The van der Waals surface area contributed by atoms with Crippen molar-refractivity contribution < 1.29 is 47.9 Å². The molecule has 382 valence electrons. The summed E-state index contributed by atoms with van der Waals surface area (Å²) in [6, 6.07) is 9.97. The molecule has 0 bridgehead atoms. The Morgan fingerprint density at radius 2 is 1.80 bits per heavy atom. The lowest BCUT2D eigenvalue weighted by Gasteiger charge is -2.48. The Bertz CT molecular complexity index is 2160. The van der Waals surface area contributed by atoms with E-state index in [0.29, 0.717) is 63.0 Å². The largest absolute Gasteiger partial charge is 0.461 e. The summed E-state index contributed by atoms with van der Waals surface area (Å²) in [6.45, 7) is 17.0. The maximum atomic E-state index is 14.9. The number of methoxy groups -OCH3 is 1. The van der Waals surface area contributed by atoms with Gasteiger partial charge >= 0.3 is 18.0 Å². The number of amides is 1. The normalized spacial score (nSPS) is 34.1. The lowest BCUT2D eigenvalue weighted by molar-refractivity contribution is -0.302. The number of nitrogens with two attached hydrogens (primary N) is 1. The quantitative estimate of drug-likeness (QED) is 0.0872. The molecule has 1 amide bonds. The number of hydrogen-bond acceptors (Lipinski definition) is 16. The number of hydrogen-bond donors (Lipinski definition) is 2. The van der Waals surface area contributed by atoms with E-state index < -0.39 is 77.8 Å². The van der Waals surface area contributed by atoms with Crippen molar-refractivity contribution in [3.63, 3.8) is 0 Å². The van der Waals surface area contributed by atoms with Crippen LogP contribution in [-0.2, 0) is 51.0 Å². The van der Waals surface area contributed by atoms with E-state index in [1.807, 2.05) is 91.1 Å². The highest BCUT2D eigenvalue weighted by molar-refractivity contribution is 5.76. The van der Waals surface area contributed by atoms with Gasteiger partial charge in [-0.15, -0.1) is 5.10 Å². The van der Waals surface area contributed by atoms with Crippen LogP contribution in [0.4, 0.5) is 10.5 Å². The number of cyclic esters (lactones) is 1. The second-order valence-corrected chi connectivity index (χ2v) is 20.5. The van der Waals surface area contributed by atoms with E-state index in [9.17, 15) is 19.5 Å². The highest BCUT2D eigenvalue weighted by Crippen LogP contribution is 2.42. The van der Waals surface area contributed by atoms with Gasteiger partial charge in [-0.25, -0.2) is 4.79 Å². The summed E-state index contributed by atoms with van der Waals surface area (Å²) < 4.78 is 40.9. The molecule has 6 rings (SSSR count). The summed E-state index contributed by atoms with van der Waals surface area (Å²) in [5.74, 6) is -3.00. The van der Waals surface area contributed by atoms with Gasteiger partial charge in [0.05, 0.1) is 42.4 Å². The number of carbonyl (C=O) groups is 3. The highest BCUT2D eigenvalue weighted by atomic mass is 16.7. The molecule has 0 radical (unpaired) electrons. The molecule has 0 saturated carbocycles. The Kier molecular flexibility index (Phi) is 17.9. The fourth-order valence-electron chi connectivity index (χ4n) is 11.0. The maximum absolute atomic E-state index is 14.9. The van der Waals surface area contributed by atoms with Crippen LogP contribution in [-0.4, -0.2) is 165 Å². The van der Waals surface area contributed by atoms with Gasteiger partial charge in [0, 0.05) is 68.4 Å². The van der Waals surface area contributed by atoms with Gasteiger partial charge < -0.3 is 49.1 Å². The van der Waals surface area contributed by atoms with Gasteiger partial charge in [-0.2, -0.15) is 0 Å². The summed E-state index contributed by atoms with van der Waals surface area (Å²) in [7, 11) is 7.49. The minimum atomic E-state index is -1.27. The second-order valence-electron chi connectivity index (χ2n) is 20.5. The maximum Gasteiger partial charge on any atom is 0.410 e. The number of aryl methyl sites for hydroxylation is 1. The number of carbonyl (C=O) groups excluding carboxylic acids is 3. The molecule has 4 unspecified atom stereocenters. The van der Waals surface area contributed by atoms with Crippen LogP contribution in [0.2, 0.25) is 0 Å². The zero-order valence-corrected chi connectivity index (χ0v) is 42.8. The molecule has 3 aliphatic heterocycles. The Morgan fingerprint density at radius 1 is 1.06 bits per heavy atom. The number of nitrogens with zero attached hydrogens (tertiary/aromatic N) is 7. The molecule has 3 aromatic rings. The molecule has 3 aliphatic rings. The molecule has 1 aromatic carbocycles. The standard InChI is InChI=1S/C51H78N8O10/c1-13-41-51(8)45(59(49(63)69-51)23-15-14-22-58-30-39(54-55-58)37-19-16-20-38(52)26-37)35(6)57(11)29-31(2)27-50(7,64-12)46(68-48-43(61)40(56(9)10)24-32(3)65-48)33(4)44(34(5)47(62)66-41)67-42(60)25-36-18-17-21-53-28-36/h16-21,26,28,30-35,40-41,43-46,48,61H,13-15,22-25,27,29,52H2,1-12H3/t31-,32?,33-,34-,35-,40?,41-,43?,44?,45-,46-,48+,50-,51-/m1/s1. The number of aliphatic hydroxyl groups excluding tert-OH is 1. The van der Waals surface area contributed by atoms with E-state index >= 15 is 0 Å². The van der Waals surface area contributed by atoms with Gasteiger partial charge in [0.25, 0.3) is 0 Å². The molecule has 69 heavy (non-hydrogen) atoms. The molecular formula is C51H78N8O10.